The first-order valence-electron chi connectivity index (χ1n) is 6.29. The summed E-state index contributed by atoms with van der Waals surface area (Å²) >= 11 is 0. The second kappa shape index (κ2) is 6.05. The Morgan fingerprint density at radius 2 is 1.68 bits per heavy atom. The third kappa shape index (κ3) is 3.58. The number of rotatable bonds is 4. The molecule has 0 atom stereocenters. The van der Waals surface area contributed by atoms with E-state index in [1.807, 2.05) is 38.5 Å². The Kier molecular flexibility index (Phi) is 4.18. The lowest BCUT2D eigenvalue weighted by molar-refractivity contribution is 1.13. The smallest absolute Gasteiger partial charge is 0.0590 e. The minimum Gasteiger partial charge on any atom is -0.378 e. The first-order valence-corrected chi connectivity index (χ1v) is 6.29. The van der Waals surface area contributed by atoms with Crippen molar-refractivity contribution in [3.63, 3.8) is 0 Å². The van der Waals surface area contributed by atoms with Crippen molar-refractivity contribution in [3.8, 4) is 0 Å². The third-order valence-corrected chi connectivity index (χ3v) is 2.95. The number of nitrogens with zero attached hydrogens (tertiary/aromatic N) is 2. The van der Waals surface area contributed by atoms with Gasteiger partial charge in [-0.05, 0) is 36.2 Å². The van der Waals surface area contributed by atoms with Crippen molar-refractivity contribution in [2.45, 2.75) is 6.92 Å². The van der Waals surface area contributed by atoms with E-state index in [0.717, 1.165) is 11.3 Å². The van der Waals surface area contributed by atoms with E-state index in [2.05, 4.69) is 52.7 Å². The number of anilines is 2. The summed E-state index contributed by atoms with van der Waals surface area (Å²) in [7, 11) is 4.06. The van der Waals surface area contributed by atoms with Gasteiger partial charge in [0, 0.05) is 19.8 Å². The van der Waals surface area contributed by atoms with Crippen molar-refractivity contribution in [1.82, 2.24) is 0 Å². The van der Waals surface area contributed by atoms with Crippen molar-refractivity contribution in [3.05, 3.63) is 59.7 Å². The van der Waals surface area contributed by atoms with E-state index >= 15 is 0 Å². The molecule has 0 radical (unpaired) electrons. The van der Waals surface area contributed by atoms with Crippen LogP contribution in [0.3, 0.4) is 0 Å². The van der Waals surface area contributed by atoms with Crippen LogP contribution in [0.25, 0.3) is 0 Å². The van der Waals surface area contributed by atoms with Gasteiger partial charge in [-0.2, -0.15) is 5.10 Å². The third-order valence-electron chi connectivity index (χ3n) is 2.95. The fourth-order valence-corrected chi connectivity index (χ4v) is 1.73. The maximum Gasteiger partial charge on any atom is 0.0590 e. The summed E-state index contributed by atoms with van der Waals surface area (Å²) in [5.41, 5.74) is 7.53. The molecule has 98 valence electrons. The summed E-state index contributed by atoms with van der Waals surface area (Å²) < 4.78 is 0. The number of hydrogen-bond donors (Lipinski definition) is 1. The molecular weight excluding hydrogens is 234 g/mol. The number of aryl methyl sites for hydroxylation is 1. The van der Waals surface area contributed by atoms with Gasteiger partial charge < -0.3 is 4.90 Å². The van der Waals surface area contributed by atoms with Gasteiger partial charge in [-0.1, -0.05) is 30.3 Å². The first-order chi connectivity index (χ1) is 9.16. The Morgan fingerprint density at radius 3 is 2.32 bits per heavy atom. The second-order valence-corrected chi connectivity index (χ2v) is 4.67. The minimum atomic E-state index is 1.03. The molecule has 0 unspecified atom stereocenters. The Balaban J connectivity index is 2.01. The van der Waals surface area contributed by atoms with Crippen molar-refractivity contribution in [2.75, 3.05) is 24.4 Å². The van der Waals surface area contributed by atoms with Crippen LogP contribution in [0.15, 0.2) is 53.6 Å². The van der Waals surface area contributed by atoms with Crippen molar-refractivity contribution in [1.29, 1.82) is 0 Å². The predicted octanol–water partition coefficient (Wildman–Crippen LogP) is 3.51. The lowest BCUT2D eigenvalue weighted by atomic mass is 10.2. The average molecular weight is 253 g/mol. The maximum atomic E-state index is 4.26. The second-order valence-electron chi connectivity index (χ2n) is 4.67. The molecule has 0 aliphatic rings. The summed E-state index contributed by atoms with van der Waals surface area (Å²) in [6.07, 6.45) is 1.83. The highest BCUT2D eigenvalue weighted by Gasteiger charge is 1.95. The monoisotopic (exact) mass is 253 g/mol. The van der Waals surface area contributed by atoms with Gasteiger partial charge in [0.1, 0.15) is 0 Å². The van der Waals surface area contributed by atoms with Crippen LogP contribution in [-0.2, 0) is 0 Å². The molecule has 0 spiro atoms. The van der Waals surface area contributed by atoms with Crippen LogP contribution >= 0.6 is 0 Å². The highest BCUT2D eigenvalue weighted by atomic mass is 15.3. The Labute approximate surface area is 114 Å². The summed E-state index contributed by atoms with van der Waals surface area (Å²) in [4.78, 5) is 2.08. The summed E-state index contributed by atoms with van der Waals surface area (Å²) in [6.45, 7) is 2.06. The molecule has 0 heterocycles. The van der Waals surface area contributed by atoms with Gasteiger partial charge in [0.25, 0.3) is 0 Å². The average Bonchev–Trinajstić information content (AvgIpc) is 2.41. The molecule has 0 bridgehead atoms. The van der Waals surface area contributed by atoms with E-state index in [-0.39, 0.29) is 0 Å². The molecule has 19 heavy (non-hydrogen) atoms. The molecular formula is C16H19N3. The SMILES string of the molecule is Cc1ccccc1N/N=C/c1ccc(N(C)C)cc1. The Bertz CT molecular complexity index is 556. The zero-order valence-electron chi connectivity index (χ0n) is 11.6. The standard InChI is InChI=1S/C16H19N3/c1-13-6-4-5-7-16(13)18-17-12-14-8-10-15(11-9-14)19(2)3/h4-12,18H,1-3H3/b17-12+. The van der Waals surface area contributed by atoms with Gasteiger partial charge in [0.15, 0.2) is 0 Å². The van der Waals surface area contributed by atoms with Crippen molar-refractivity contribution < 1.29 is 0 Å². The molecule has 0 fully saturated rings. The molecule has 1 N–H and O–H groups in total. The number of benzene rings is 2. The molecule has 0 aliphatic heterocycles. The fourth-order valence-electron chi connectivity index (χ4n) is 1.73. The molecule has 0 amide bonds. The van der Waals surface area contributed by atoms with Crippen LogP contribution in [0.1, 0.15) is 11.1 Å². The van der Waals surface area contributed by atoms with E-state index in [4.69, 9.17) is 0 Å². The molecule has 3 nitrogen and oxygen atoms in total. The number of hydrogen-bond acceptors (Lipinski definition) is 3. The van der Waals surface area contributed by atoms with Crippen LogP contribution in [0.4, 0.5) is 11.4 Å². The maximum absolute atomic E-state index is 4.26. The van der Waals surface area contributed by atoms with Gasteiger partial charge in [-0.15, -0.1) is 0 Å². The van der Waals surface area contributed by atoms with Crippen LogP contribution < -0.4 is 10.3 Å². The highest BCUT2D eigenvalue weighted by molar-refractivity contribution is 5.81. The Morgan fingerprint density at radius 1 is 1.00 bits per heavy atom. The molecule has 2 aromatic carbocycles. The zero-order valence-corrected chi connectivity index (χ0v) is 11.6. The lowest BCUT2D eigenvalue weighted by Gasteiger charge is -2.11. The normalized spacial score (nSPS) is 10.7. The predicted molar refractivity (Wildman–Crippen MR) is 83.2 cm³/mol. The summed E-state index contributed by atoms with van der Waals surface area (Å²) in [5.74, 6) is 0. The molecule has 0 saturated carbocycles. The topological polar surface area (TPSA) is 27.6 Å². The van der Waals surface area contributed by atoms with Crippen LogP contribution in [0.5, 0.6) is 0 Å². The minimum absolute atomic E-state index is 1.03. The number of para-hydroxylation sites is 1. The van der Waals surface area contributed by atoms with Crippen molar-refractivity contribution in [2.24, 2.45) is 5.10 Å². The molecule has 0 saturated heterocycles. The van der Waals surface area contributed by atoms with E-state index in [1.54, 1.807) is 0 Å². The summed E-state index contributed by atoms with van der Waals surface area (Å²) in [5, 5.41) is 4.26. The van der Waals surface area contributed by atoms with Gasteiger partial charge in [-0.3, -0.25) is 5.43 Å². The molecule has 0 aromatic heterocycles. The number of nitrogens with one attached hydrogen (secondary N) is 1. The molecule has 0 aliphatic carbocycles. The van der Waals surface area contributed by atoms with Gasteiger partial charge in [0.2, 0.25) is 0 Å². The largest absolute Gasteiger partial charge is 0.378 e. The summed E-state index contributed by atoms with van der Waals surface area (Å²) in [6, 6.07) is 16.4. The van der Waals surface area contributed by atoms with Crippen LogP contribution in [0, 0.1) is 6.92 Å². The van der Waals surface area contributed by atoms with Crippen LogP contribution in [0.2, 0.25) is 0 Å². The van der Waals surface area contributed by atoms with Crippen LogP contribution in [-0.4, -0.2) is 20.3 Å². The Hall–Kier alpha value is -2.29. The van der Waals surface area contributed by atoms with Gasteiger partial charge in [-0.25, -0.2) is 0 Å². The molecule has 2 rings (SSSR count). The van der Waals surface area contributed by atoms with Crippen molar-refractivity contribution >= 4 is 17.6 Å². The van der Waals surface area contributed by atoms with Gasteiger partial charge >= 0.3 is 0 Å². The van der Waals surface area contributed by atoms with Gasteiger partial charge in [0.05, 0.1) is 11.9 Å². The number of hydrazone groups is 1. The highest BCUT2D eigenvalue weighted by Crippen LogP contribution is 2.13. The molecule has 3 heteroatoms. The van der Waals surface area contributed by atoms with E-state index in [0.29, 0.717) is 0 Å². The van der Waals surface area contributed by atoms with E-state index in [1.165, 1.54) is 11.3 Å². The lowest BCUT2D eigenvalue weighted by Crippen LogP contribution is -2.08. The fraction of sp³-hybridized carbons (Fsp3) is 0.188. The zero-order chi connectivity index (χ0) is 13.7. The van der Waals surface area contributed by atoms with E-state index in [9.17, 15) is 0 Å². The first kappa shape index (κ1) is 13.1. The quantitative estimate of drug-likeness (QED) is 0.667. The van der Waals surface area contributed by atoms with E-state index < -0.39 is 0 Å². The molecule has 2 aromatic rings.